The highest BCUT2D eigenvalue weighted by molar-refractivity contribution is 7.90. The fourth-order valence-electron chi connectivity index (χ4n) is 4.72. The zero-order valence-electron chi connectivity index (χ0n) is 16.9. The lowest BCUT2D eigenvalue weighted by molar-refractivity contribution is 0.256. The van der Waals surface area contributed by atoms with E-state index < -0.39 is 16.1 Å². The molecule has 2 aliphatic carbocycles. The molecule has 0 saturated carbocycles. The monoisotopic (exact) mass is 425 g/mol. The van der Waals surface area contributed by atoms with Crippen LogP contribution in [0.5, 0.6) is 0 Å². The maximum absolute atomic E-state index is 12.8. The SMILES string of the molecule is Cc1nn(C)c2ncc(S(=O)(=O)NC(=O)Nc3c4c(cc5c3CCC5)CCC4)cc12. The summed E-state index contributed by atoms with van der Waals surface area (Å²) in [5, 5.41) is 7.75. The molecule has 2 heterocycles. The first-order valence-electron chi connectivity index (χ1n) is 10.1. The summed E-state index contributed by atoms with van der Waals surface area (Å²) in [5.41, 5.74) is 6.92. The molecule has 0 aliphatic heterocycles. The molecule has 156 valence electrons. The number of carbonyl (C=O) groups is 1. The second kappa shape index (κ2) is 6.80. The second-order valence-corrected chi connectivity index (χ2v) is 9.73. The largest absolute Gasteiger partial charge is 0.333 e. The van der Waals surface area contributed by atoms with E-state index in [9.17, 15) is 13.2 Å². The van der Waals surface area contributed by atoms with Crippen LogP contribution in [0.2, 0.25) is 0 Å². The van der Waals surface area contributed by atoms with Crippen molar-refractivity contribution < 1.29 is 13.2 Å². The van der Waals surface area contributed by atoms with Gasteiger partial charge in [0.15, 0.2) is 5.65 Å². The Morgan fingerprint density at radius 3 is 2.40 bits per heavy atom. The second-order valence-electron chi connectivity index (χ2n) is 8.04. The zero-order chi connectivity index (χ0) is 21.0. The fourth-order valence-corrected chi connectivity index (χ4v) is 5.60. The van der Waals surface area contributed by atoms with Crippen LogP contribution in [-0.2, 0) is 42.8 Å². The van der Waals surface area contributed by atoms with E-state index in [-0.39, 0.29) is 4.90 Å². The fraction of sp³-hybridized carbons (Fsp3) is 0.381. The molecule has 3 aromatic rings. The van der Waals surface area contributed by atoms with Gasteiger partial charge in [-0.15, -0.1) is 0 Å². The molecule has 0 bridgehead atoms. The molecule has 0 fully saturated rings. The highest BCUT2D eigenvalue weighted by Gasteiger charge is 2.26. The quantitative estimate of drug-likeness (QED) is 0.671. The van der Waals surface area contributed by atoms with Crippen molar-refractivity contribution in [2.45, 2.75) is 50.3 Å². The first-order valence-corrected chi connectivity index (χ1v) is 11.6. The lowest BCUT2D eigenvalue weighted by atomic mass is 9.99. The first kappa shape index (κ1) is 19.0. The topological polar surface area (TPSA) is 106 Å². The van der Waals surface area contributed by atoms with Crippen molar-refractivity contribution in [3.8, 4) is 0 Å². The highest BCUT2D eigenvalue weighted by Crippen LogP contribution is 2.38. The van der Waals surface area contributed by atoms with E-state index in [1.807, 2.05) is 0 Å². The summed E-state index contributed by atoms with van der Waals surface area (Å²) in [6.07, 6.45) is 7.20. The molecule has 0 unspecified atom stereocenters. The smallest absolute Gasteiger partial charge is 0.307 e. The molecule has 9 heteroatoms. The van der Waals surface area contributed by atoms with E-state index in [0.717, 1.165) is 55.3 Å². The molecule has 0 spiro atoms. The van der Waals surface area contributed by atoms with Crippen molar-refractivity contribution in [2.75, 3.05) is 5.32 Å². The average Bonchev–Trinajstić information content (AvgIpc) is 3.41. The van der Waals surface area contributed by atoms with E-state index >= 15 is 0 Å². The molecule has 0 atom stereocenters. The number of amides is 2. The molecule has 2 amide bonds. The van der Waals surface area contributed by atoms with Crippen LogP contribution in [0.1, 0.15) is 40.8 Å². The predicted molar refractivity (Wildman–Crippen MR) is 113 cm³/mol. The van der Waals surface area contributed by atoms with Gasteiger partial charge < -0.3 is 5.32 Å². The van der Waals surface area contributed by atoms with Gasteiger partial charge in [-0.2, -0.15) is 5.10 Å². The summed E-state index contributed by atoms with van der Waals surface area (Å²) < 4.78 is 29.4. The van der Waals surface area contributed by atoms with Crippen molar-refractivity contribution >= 4 is 32.8 Å². The molecule has 2 aromatic heterocycles. The van der Waals surface area contributed by atoms with Gasteiger partial charge in [-0.25, -0.2) is 22.9 Å². The maximum atomic E-state index is 12.8. The molecular formula is C21H23N5O3S. The number of benzene rings is 1. The number of sulfonamides is 1. The Morgan fingerprint density at radius 1 is 1.07 bits per heavy atom. The third kappa shape index (κ3) is 3.04. The van der Waals surface area contributed by atoms with Gasteiger partial charge in [-0.1, -0.05) is 6.07 Å². The summed E-state index contributed by atoms with van der Waals surface area (Å²) in [4.78, 5) is 16.8. The summed E-state index contributed by atoms with van der Waals surface area (Å²) in [6, 6.07) is 3.02. The number of hydrogen-bond acceptors (Lipinski definition) is 5. The Kier molecular flexibility index (Phi) is 4.32. The third-order valence-corrected chi connectivity index (χ3v) is 7.38. The third-order valence-electron chi connectivity index (χ3n) is 6.09. The predicted octanol–water partition coefficient (Wildman–Crippen LogP) is 2.76. The van der Waals surface area contributed by atoms with Crippen LogP contribution in [0, 0.1) is 6.92 Å². The molecule has 5 rings (SSSR count). The van der Waals surface area contributed by atoms with Crippen LogP contribution in [0.25, 0.3) is 11.0 Å². The van der Waals surface area contributed by atoms with Crippen molar-refractivity contribution in [1.82, 2.24) is 19.5 Å². The van der Waals surface area contributed by atoms with E-state index in [2.05, 4.69) is 26.2 Å². The molecule has 1 aromatic carbocycles. The minimum atomic E-state index is -4.07. The molecule has 8 nitrogen and oxygen atoms in total. The van der Waals surface area contributed by atoms with Gasteiger partial charge >= 0.3 is 6.03 Å². The number of anilines is 1. The summed E-state index contributed by atoms with van der Waals surface area (Å²) >= 11 is 0. The number of urea groups is 1. The van der Waals surface area contributed by atoms with Crippen LogP contribution in [0.4, 0.5) is 10.5 Å². The lowest BCUT2D eigenvalue weighted by Crippen LogP contribution is -2.35. The lowest BCUT2D eigenvalue weighted by Gasteiger charge is -2.16. The Bertz CT molecular complexity index is 1280. The number of pyridine rings is 1. The zero-order valence-corrected chi connectivity index (χ0v) is 17.8. The number of hydrogen-bond donors (Lipinski definition) is 2. The number of nitrogens with one attached hydrogen (secondary N) is 2. The van der Waals surface area contributed by atoms with Crippen LogP contribution in [0.15, 0.2) is 23.2 Å². The number of aryl methyl sites for hydroxylation is 4. The maximum Gasteiger partial charge on any atom is 0.333 e. The van der Waals surface area contributed by atoms with Gasteiger partial charge in [0.05, 0.1) is 5.69 Å². The molecule has 0 saturated heterocycles. The summed E-state index contributed by atoms with van der Waals surface area (Å²) in [5.74, 6) is 0. The number of fused-ring (bicyclic) bond motifs is 3. The van der Waals surface area contributed by atoms with Gasteiger partial charge in [0, 0.05) is 24.3 Å². The summed E-state index contributed by atoms with van der Waals surface area (Å²) in [7, 11) is -2.32. The molecule has 30 heavy (non-hydrogen) atoms. The number of rotatable bonds is 3. The normalized spacial score (nSPS) is 15.3. The standard InChI is InChI=1S/C21H23N5O3S/c1-12-18-10-15(11-22-20(18)26(2)24-12)30(28,29)25-21(27)23-19-16-7-3-5-13(16)9-14-6-4-8-17(14)19/h9-11H,3-8H2,1-2H3,(H2,23,25,27). The van der Waals surface area contributed by atoms with Gasteiger partial charge in [-0.05, 0) is 73.8 Å². The summed E-state index contributed by atoms with van der Waals surface area (Å²) in [6.45, 7) is 1.79. The first-order chi connectivity index (χ1) is 14.3. The number of aromatic nitrogens is 3. The Balaban J connectivity index is 1.43. The van der Waals surface area contributed by atoms with E-state index in [4.69, 9.17) is 0 Å². The van der Waals surface area contributed by atoms with Gasteiger partial charge in [0.1, 0.15) is 4.90 Å². The van der Waals surface area contributed by atoms with Crippen molar-refractivity contribution in [2.24, 2.45) is 7.05 Å². The number of carbonyl (C=O) groups excluding carboxylic acids is 1. The Morgan fingerprint density at radius 2 is 1.73 bits per heavy atom. The molecule has 0 radical (unpaired) electrons. The van der Waals surface area contributed by atoms with E-state index in [1.54, 1.807) is 18.7 Å². The van der Waals surface area contributed by atoms with Crippen LogP contribution in [0.3, 0.4) is 0 Å². The van der Waals surface area contributed by atoms with Crippen LogP contribution in [-0.4, -0.2) is 29.2 Å². The van der Waals surface area contributed by atoms with Gasteiger partial charge in [0.25, 0.3) is 10.0 Å². The molecule has 2 aliphatic rings. The van der Waals surface area contributed by atoms with E-state index in [0.29, 0.717) is 16.7 Å². The van der Waals surface area contributed by atoms with Gasteiger partial charge in [0.2, 0.25) is 0 Å². The Labute approximate surface area is 174 Å². The van der Waals surface area contributed by atoms with Crippen molar-refractivity contribution in [3.05, 3.63) is 46.3 Å². The Hall–Kier alpha value is -2.94. The minimum Gasteiger partial charge on any atom is -0.307 e. The van der Waals surface area contributed by atoms with Crippen molar-refractivity contribution in [3.63, 3.8) is 0 Å². The van der Waals surface area contributed by atoms with Crippen LogP contribution >= 0.6 is 0 Å². The number of nitrogens with zero attached hydrogens (tertiary/aromatic N) is 3. The van der Waals surface area contributed by atoms with Crippen LogP contribution < -0.4 is 10.0 Å². The van der Waals surface area contributed by atoms with Gasteiger partial charge in [-0.3, -0.25) is 4.68 Å². The van der Waals surface area contributed by atoms with Crippen molar-refractivity contribution in [1.29, 1.82) is 0 Å². The van der Waals surface area contributed by atoms with E-state index in [1.165, 1.54) is 23.4 Å². The highest BCUT2D eigenvalue weighted by atomic mass is 32.2. The average molecular weight is 426 g/mol. The minimum absolute atomic E-state index is 0.0650. The molecular weight excluding hydrogens is 402 g/mol. The molecule has 2 N–H and O–H groups in total.